The van der Waals surface area contributed by atoms with E-state index in [0.717, 1.165) is 12.8 Å². The molecule has 0 amide bonds. The van der Waals surface area contributed by atoms with Gasteiger partial charge in [0.1, 0.15) is 6.04 Å². The maximum absolute atomic E-state index is 12.3. The van der Waals surface area contributed by atoms with Crippen LogP contribution in [0.15, 0.2) is 30.3 Å². The molecule has 1 aromatic rings. The van der Waals surface area contributed by atoms with Gasteiger partial charge in [0, 0.05) is 12.6 Å². The van der Waals surface area contributed by atoms with E-state index in [2.05, 4.69) is 4.72 Å². The molecule has 0 aliphatic carbocycles. The minimum absolute atomic E-state index is 0.0993. The SMILES string of the molecule is CC1CCCN1S(=O)(=O)N[C@@H](C(=O)O)c1ccccc1. The molecule has 6 nitrogen and oxygen atoms in total. The quantitative estimate of drug-likeness (QED) is 0.853. The average molecular weight is 298 g/mol. The summed E-state index contributed by atoms with van der Waals surface area (Å²) in [5.41, 5.74) is 0.412. The highest BCUT2D eigenvalue weighted by molar-refractivity contribution is 7.87. The van der Waals surface area contributed by atoms with Gasteiger partial charge in [0.05, 0.1) is 0 Å². The largest absolute Gasteiger partial charge is 0.480 e. The number of aliphatic carboxylic acids is 1. The Morgan fingerprint density at radius 3 is 2.55 bits per heavy atom. The molecule has 1 aromatic carbocycles. The van der Waals surface area contributed by atoms with Gasteiger partial charge in [-0.15, -0.1) is 0 Å². The summed E-state index contributed by atoms with van der Waals surface area (Å²) in [7, 11) is -3.80. The molecular formula is C13H18N2O4S. The summed E-state index contributed by atoms with van der Waals surface area (Å²) in [6.45, 7) is 2.25. The van der Waals surface area contributed by atoms with Crippen molar-refractivity contribution in [1.82, 2.24) is 9.03 Å². The Hall–Kier alpha value is -1.44. The molecule has 1 unspecified atom stereocenters. The second-order valence-electron chi connectivity index (χ2n) is 4.91. The Balaban J connectivity index is 2.23. The van der Waals surface area contributed by atoms with E-state index in [0.29, 0.717) is 12.1 Å². The summed E-state index contributed by atoms with van der Waals surface area (Å²) in [6.07, 6.45) is 1.59. The number of carboxylic acid groups (broad SMARTS) is 1. The molecular weight excluding hydrogens is 280 g/mol. The number of nitrogens with zero attached hydrogens (tertiary/aromatic N) is 1. The molecule has 1 aliphatic heterocycles. The number of hydrogen-bond acceptors (Lipinski definition) is 3. The first-order valence-electron chi connectivity index (χ1n) is 6.48. The summed E-state index contributed by atoms with van der Waals surface area (Å²) in [6, 6.07) is 6.92. The van der Waals surface area contributed by atoms with Crippen LogP contribution in [0.2, 0.25) is 0 Å². The molecule has 1 fully saturated rings. The molecule has 2 rings (SSSR count). The molecule has 110 valence electrons. The van der Waals surface area contributed by atoms with Crippen LogP contribution in [0.4, 0.5) is 0 Å². The Morgan fingerprint density at radius 1 is 1.40 bits per heavy atom. The van der Waals surface area contributed by atoms with E-state index in [-0.39, 0.29) is 6.04 Å². The van der Waals surface area contributed by atoms with Crippen LogP contribution < -0.4 is 4.72 Å². The first kappa shape index (κ1) is 15.0. The molecule has 1 saturated heterocycles. The molecule has 1 aliphatic rings. The third-order valence-corrected chi connectivity index (χ3v) is 5.14. The fourth-order valence-electron chi connectivity index (χ4n) is 2.39. The van der Waals surface area contributed by atoms with Crippen LogP contribution in [-0.4, -0.2) is 36.4 Å². The predicted molar refractivity (Wildman–Crippen MR) is 74.3 cm³/mol. The Morgan fingerprint density at radius 2 is 2.05 bits per heavy atom. The second kappa shape index (κ2) is 5.90. The Kier molecular flexibility index (Phi) is 4.42. The molecule has 20 heavy (non-hydrogen) atoms. The molecule has 2 N–H and O–H groups in total. The van der Waals surface area contributed by atoms with Gasteiger partial charge in [-0.3, -0.25) is 4.79 Å². The number of carboxylic acids is 1. The van der Waals surface area contributed by atoms with E-state index in [1.807, 2.05) is 6.92 Å². The van der Waals surface area contributed by atoms with Crippen molar-refractivity contribution in [2.24, 2.45) is 0 Å². The highest BCUT2D eigenvalue weighted by Crippen LogP contribution is 2.22. The van der Waals surface area contributed by atoms with E-state index >= 15 is 0 Å². The van der Waals surface area contributed by atoms with Crippen LogP contribution in [0, 0.1) is 0 Å². The molecule has 0 spiro atoms. The monoisotopic (exact) mass is 298 g/mol. The van der Waals surface area contributed by atoms with E-state index in [9.17, 15) is 18.3 Å². The summed E-state index contributed by atoms with van der Waals surface area (Å²) < 4.78 is 28.2. The van der Waals surface area contributed by atoms with Gasteiger partial charge < -0.3 is 5.11 Å². The fourth-order valence-corrected chi connectivity index (χ4v) is 4.01. The third-order valence-electron chi connectivity index (χ3n) is 3.45. The van der Waals surface area contributed by atoms with Gasteiger partial charge in [-0.05, 0) is 25.3 Å². The minimum atomic E-state index is -3.80. The third kappa shape index (κ3) is 3.17. The summed E-state index contributed by atoms with van der Waals surface area (Å²) in [5, 5.41) is 9.25. The fraction of sp³-hybridized carbons (Fsp3) is 0.462. The van der Waals surface area contributed by atoms with Gasteiger partial charge in [0.15, 0.2) is 0 Å². The van der Waals surface area contributed by atoms with Crippen LogP contribution in [0.25, 0.3) is 0 Å². The second-order valence-corrected chi connectivity index (χ2v) is 6.56. The van der Waals surface area contributed by atoms with Gasteiger partial charge in [0.25, 0.3) is 10.2 Å². The molecule has 2 atom stereocenters. The zero-order chi connectivity index (χ0) is 14.8. The summed E-state index contributed by atoms with van der Waals surface area (Å²) in [4.78, 5) is 11.3. The highest BCUT2D eigenvalue weighted by atomic mass is 32.2. The van der Waals surface area contributed by atoms with Gasteiger partial charge in [-0.2, -0.15) is 17.4 Å². The lowest BCUT2D eigenvalue weighted by Gasteiger charge is -2.24. The van der Waals surface area contributed by atoms with E-state index < -0.39 is 22.2 Å². The number of benzene rings is 1. The van der Waals surface area contributed by atoms with Crippen LogP contribution in [-0.2, 0) is 15.0 Å². The highest BCUT2D eigenvalue weighted by Gasteiger charge is 2.35. The maximum Gasteiger partial charge on any atom is 0.326 e. The molecule has 0 aromatic heterocycles. The predicted octanol–water partition coefficient (Wildman–Crippen LogP) is 1.13. The van der Waals surface area contributed by atoms with Crippen molar-refractivity contribution in [3.8, 4) is 0 Å². The molecule has 0 saturated carbocycles. The molecule has 0 bridgehead atoms. The normalized spacial score (nSPS) is 21.8. The summed E-state index contributed by atoms with van der Waals surface area (Å²) in [5.74, 6) is -1.22. The van der Waals surface area contributed by atoms with E-state index in [1.54, 1.807) is 30.3 Å². The lowest BCUT2D eigenvalue weighted by Crippen LogP contribution is -2.45. The topological polar surface area (TPSA) is 86.7 Å². The van der Waals surface area contributed by atoms with Crippen molar-refractivity contribution in [2.75, 3.05) is 6.54 Å². The van der Waals surface area contributed by atoms with Crippen molar-refractivity contribution >= 4 is 16.2 Å². The standard InChI is InChI=1S/C13H18N2O4S/c1-10-6-5-9-15(10)20(18,19)14-12(13(16)17)11-7-3-2-4-8-11/h2-4,7-8,10,12,14H,5-6,9H2,1H3,(H,16,17)/t10?,12-/m1/s1. The van der Waals surface area contributed by atoms with E-state index in [1.165, 1.54) is 4.31 Å². The number of carbonyl (C=O) groups is 1. The van der Waals surface area contributed by atoms with Crippen molar-refractivity contribution in [3.63, 3.8) is 0 Å². The maximum atomic E-state index is 12.3. The zero-order valence-electron chi connectivity index (χ0n) is 11.2. The van der Waals surface area contributed by atoms with Crippen molar-refractivity contribution in [2.45, 2.75) is 31.8 Å². The molecule has 0 radical (unpaired) electrons. The number of rotatable bonds is 5. The first-order chi connectivity index (χ1) is 9.42. The van der Waals surface area contributed by atoms with Gasteiger partial charge >= 0.3 is 5.97 Å². The Bertz CT molecular complexity index is 573. The van der Waals surface area contributed by atoms with Crippen molar-refractivity contribution < 1.29 is 18.3 Å². The Labute approximate surface area is 118 Å². The van der Waals surface area contributed by atoms with Crippen LogP contribution in [0.3, 0.4) is 0 Å². The van der Waals surface area contributed by atoms with Crippen molar-refractivity contribution in [3.05, 3.63) is 35.9 Å². The zero-order valence-corrected chi connectivity index (χ0v) is 12.0. The van der Waals surface area contributed by atoms with Gasteiger partial charge in [-0.1, -0.05) is 30.3 Å². The van der Waals surface area contributed by atoms with Crippen LogP contribution in [0.5, 0.6) is 0 Å². The first-order valence-corrected chi connectivity index (χ1v) is 7.92. The van der Waals surface area contributed by atoms with Gasteiger partial charge in [0.2, 0.25) is 0 Å². The van der Waals surface area contributed by atoms with Crippen molar-refractivity contribution in [1.29, 1.82) is 0 Å². The molecule has 1 heterocycles. The lowest BCUT2D eigenvalue weighted by atomic mass is 10.1. The number of hydrogen-bond donors (Lipinski definition) is 2. The lowest BCUT2D eigenvalue weighted by molar-refractivity contribution is -0.139. The van der Waals surface area contributed by atoms with Crippen LogP contribution in [0.1, 0.15) is 31.4 Å². The van der Waals surface area contributed by atoms with Gasteiger partial charge in [-0.25, -0.2) is 0 Å². The number of nitrogens with one attached hydrogen (secondary N) is 1. The summed E-state index contributed by atoms with van der Waals surface area (Å²) >= 11 is 0. The van der Waals surface area contributed by atoms with E-state index in [4.69, 9.17) is 0 Å². The van der Waals surface area contributed by atoms with Crippen LogP contribution >= 0.6 is 0 Å². The molecule has 7 heteroatoms. The minimum Gasteiger partial charge on any atom is -0.480 e. The average Bonchev–Trinajstić information content (AvgIpc) is 2.84. The smallest absolute Gasteiger partial charge is 0.326 e.